The molecule has 0 fully saturated rings. The SMILES string of the molecule is N#CC(=CNc1ccc(S(N)(=O)=O)cc1)c1nc(-c2cc3c(ccc4ccccc43)oc2=O)cs1. The monoisotopic (exact) mass is 500 g/mol. The third kappa shape index (κ3) is 4.43. The first-order valence-electron chi connectivity index (χ1n) is 10.2. The van der Waals surface area contributed by atoms with Crippen LogP contribution in [0.3, 0.4) is 0 Å². The summed E-state index contributed by atoms with van der Waals surface area (Å²) in [6.45, 7) is 0. The van der Waals surface area contributed by atoms with Crippen molar-refractivity contribution in [3.05, 3.63) is 93.7 Å². The minimum absolute atomic E-state index is 0.0147. The van der Waals surface area contributed by atoms with E-state index in [1.165, 1.54) is 41.8 Å². The van der Waals surface area contributed by atoms with E-state index in [9.17, 15) is 18.5 Å². The summed E-state index contributed by atoms with van der Waals surface area (Å²) in [4.78, 5) is 17.2. The lowest BCUT2D eigenvalue weighted by molar-refractivity contribution is 0.563. The molecule has 0 saturated heterocycles. The minimum Gasteiger partial charge on any atom is -0.422 e. The van der Waals surface area contributed by atoms with Crippen LogP contribution in [-0.4, -0.2) is 13.4 Å². The summed E-state index contributed by atoms with van der Waals surface area (Å²) in [6, 6.07) is 21.1. The lowest BCUT2D eigenvalue weighted by atomic mass is 10.0. The van der Waals surface area contributed by atoms with Gasteiger partial charge >= 0.3 is 5.63 Å². The molecular weight excluding hydrogens is 484 g/mol. The number of allylic oxidation sites excluding steroid dienone is 1. The maximum Gasteiger partial charge on any atom is 0.345 e. The van der Waals surface area contributed by atoms with Crippen LogP contribution in [0.15, 0.2) is 92.4 Å². The lowest BCUT2D eigenvalue weighted by Gasteiger charge is -2.04. The molecule has 5 rings (SSSR count). The molecule has 5 aromatic rings. The van der Waals surface area contributed by atoms with Gasteiger partial charge in [0.05, 0.1) is 16.2 Å². The van der Waals surface area contributed by atoms with E-state index in [0.29, 0.717) is 27.5 Å². The number of nitriles is 1. The molecule has 0 saturated carbocycles. The van der Waals surface area contributed by atoms with Gasteiger partial charge in [-0.2, -0.15) is 5.26 Å². The number of hydrogen-bond donors (Lipinski definition) is 2. The Morgan fingerprint density at radius 3 is 2.60 bits per heavy atom. The third-order valence-corrected chi connectivity index (χ3v) is 7.14. The molecule has 35 heavy (non-hydrogen) atoms. The van der Waals surface area contributed by atoms with Crippen LogP contribution in [0.1, 0.15) is 5.01 Å². The van der Waals surface area contributed by atoms with Gasteiger partial charge in [0.15, 0.2) is 0 Å². The Kier molecular flexibility index (Phi) is 5.66. The molecule has 0 bridgehead atoms. The number of aromatic nitrogens is 1. The second-order valence-corrected chi connectivity index (χ2v) is 9.99. The van der Waals surface area contributed by atoms with E-state index in [-0.39, 0.29) is 10.5 Å². The normalized spacial score (nSPS) is 12.1. The summed E-state index contributed by atoms with van der Waals surface area (Å²) < 4.78 is 28.3. The quantitative estimate of drug-likeness (QED) is 0.203. The molecule has 0 aliphatic carbocycles. The molecule has 3 N–H and O–H groups in total. The molecule has 0 amide bonds. The number of rotatable bonds is 5. The summed E-state index contributed by atoms with van der Waals surface area (Å²) in [6.07, 6.45) is 1.46. The zero-order valence-corrected chi connectivity index (χ0v) is 19.6. The van der Waals surface area contributed by atoms with Gasteiger partial charge in [-0.25, -0.2) is 23.3 Å². The molecule has 0 spiro atoms. The van der Waals surface area contributed by atoms with E-state index in [0.717, 1.165) is 16.2 Å². The Bertz CT molecular complexity index is 1830. The Morgan fingerprint density at radius 2 is 1.86 bits per heavy atom. The first kappa shape index (κ1) is 22.5. The van der Waals surface area contributed by atoms with E-state index < -0.39 is 15.6 Å². The summed E-state index contributed by atoms with van der Waals surface area (Å²) >= 11 is 1.22. The van der Waals surface area contributed by atoms with Crippen LogP contribution in [0, 0.1) is 11.3 Å². The molecule has 0 unspecified atom stereocenters. The van der Waals surface area contributed by atoms with Gasteiger partial charge in [-0.15, -0.1) is 11.3 Å². The van der Waals surface area contributed by atoms with Crippen molar-refractivity contribution in [2.45, 2.75) is 4.90 Å². The second kappa shape index (κ2) is 8.81. The van der Waals surface area contributed by atoms with Crippen molar-refractivity contribution in [1.29, 1.82) is 5.26 Å². The molecule has 0 atom stereocenters. The van der Waals surface area contributed by atoms with Gasteiger partial charge in [-0.3, -0.25) is 0 Å². The average molecular weight is 501 g/mol. The van der Waals surface area contributed by atoms with Crippen molar-refractivity contribution >= 4 is 54.4 Å². The fraction of sp³-hybridized carbons (Fsp3) is 0. The highest BCUT2D eigenvalue weighted by Gasteiger charge is 2.15. The Balaban J connectivity index is 1.48. The highest BCUT2D eigenvalue weighted by atomic mass is 32.2. The fourth-order valence-corrected chi connectivity index (χ4v) is 4.91. The predicted molar refractivity (Wildman–Crippen MR) is 136 cm³/mol. The largest absolute Gasteiger partial charge is 0.422 e. The van der Waals surface area contributed by atoms with Crippen LogP contribution >= 0.6 is 11.3 Å². The van der Waals surface area contributed by atoms with E-state index in [1.54, 1.807) is 17.5 Å². The maximum absolute atomic E-state index is 12.7. The van der Waals surface area contributed by atoms with Crippen molar-refractivity contribution in [3.63, 3.8) is 0 Å². The number of nitrogens with one attached hydrogen (secondary N) is 1. The number of sulfonamides is 1. The molecular formula is C25H16N4O4S2. The molecule has 2 heterocycles. The zero-order valence-electron chi connectivity index (χ0n) is 17.9. The number of thiazole rings is 1. The molecule has 3 aromatic carbocycles. The molecule has 0 aliphatic rings. The Morgan fingerprint density at radius 1 is 1.09 bits per heavy atom. The third-order valence-electron chi connectivity index (χ3n) is 5.34. The van der Waals surface area contributed by atoms with Gasteiger partial charge in [-0.05, 0) is 47.2 Å². The van der Waals surface area contributed by atoms with Crippen LogP contribution < -0.4 is 16.1 Å². The van der Waals surface area contributed by atoms with E-state index in [1.807, 2.05) is 30.3 Å². The van der Waals surface area contributed by atoms with Crippen molar-refractivity contribution in [3.8, 4) is 17.3 Å². The smallest absolute Gasteiger partial charge is 0.345 e. The van der Waals surface area contributed by atoms with E-state index >= 15 is 0 Å². The summed E-state index contributed by atoms with van der Waals surface area (Å²) in [5.74, 6) is 0. The number of nitrogens with zero attached hydrogens (tertiary/aromatic N) is 2. The van der Waals surface area contributed by atoms with E-state index in [2.05, 4.69) is 16.4 Å². The van der Waals surface area contributed by atoms with Crippen LogP contribution in [0.25, 0.3) is 38.6 Å². The van der Waals surface area contributed by atoms with Gasteiger partial charge in [0.2, 0.25) is 10.0 Å². The molecule has 0 radical (unpaired) electrons. The van der Waals surface area contributed by atoms with Crippen molar-refractivity contribution in [1.82, 2.24) is 4.98 Å². The fourth-order valence-electron chi connectivity index (χ4n) is 3.61. The van der Waals surface area contributed by atoms with Gasteiger partial charge in [0.25, 0.3) is 0 Å². The zero-order chi connectivity index (χ0) is 24.6. The van der Waals surface area contributed by atoms with Gasteiger partial charge in [0.1, 0.15) is 22.2 Å². The summed E-state index contributed by atoms with van der Waals surface area (Å²) in [5.41, 5.74) is 1.49. The van der Waals surface area contributed by atoms with Gasteiger partial charge < -0.3 is 9.73 Å². The van der Waals surface area contributed by atoms with Crippen molar-refractivity contribution in [2.75, 3.05) is 5.32 Å². The predicted octanol–water partition coefficient (Wildman–Crippen LogP) is 4.69. The maximum atomic E-state index is 12.7. The summed E-state index contributed by atoms with van der Waals surface area (Å²) in [5, 5.41) is 22.6. The molecule has 0 aliphatic heterocycles. The number of anilines is 1. The molecule has 172 valence electrons. The summed E-state index contributed by atoms with van der Waals surface area (Å²) in [7, 11) is -3.79. The topological polar surface area (TPSA) is 139 Å². The lowest BCUT2D eigenvalue weighted by Crippen LogP contribution is -2.11. The molecule has 2 aromatic heterocycles. The highest BCUT2D eigenvalue weighted by molar-refractivity contribution is 7.89. The second-order valence-electron chi connectivity index (χ2n) is 7.57. The highest BCUT2D eigenvalue weighted by Crippen LogP contribution is 2.30. The number of benzene rings is 3. The van der Waals surface area contributed by atoms with Crippen LogP contribution in [-0.2, 0) is 10.0 Å². The molecule has 10 heteroatoms. The number of nitrogens with two attached hydrogens (primary N) is 1. The van der Waals surface area contributed by atoms with Crippen LogP contribution in [0.5, 0.6) is 0 Å². The average Bonchev–Trinajstić information content (AvgIpc) is 3.33. The van der Waals surface area contributed by atoms with Crippen LogP contribution in [0.2, 0.25) is 0 Å². The number of fused-ring (bicyclic) bond motifs is 3. The van der Waals surface area contributed by atoms with E-state index in [4.69, 9.17) is 9.56 Å². The van der Waals surface area contributed by atoms with Gasteiger partial charge in [0, 0.05) is 22.7 Å². The standard InChI is InChI=1S/C25H16N4O4S2/c26-12-16(13-28-17-6-8-18(9-7-17)35(27,31)32)24-29-22(14-34-24)21-11-20-19-4-2-1-3-15(19)5-10-23(20)33-25(21)30/h1-11,13-14,28H,(H2,27,31,32). The van der Waals surface area contributed by atoms with Crippen molar-refractivity contribution in [2.24, 2.45) is 5.14 Å². The first-order chi connectivity index (χ1) is 16.8. The first-order valence-corrected chi connectivity index (χ1v) is 12.7. The minimum atomic E-state index is -3.79. The Labute approximate surface area is 203 Å². The van der Waals surface area contributed by atoms with Crippen molar-refractivity contribution < 1.29 is 12.8 Å². The van der Waals surface area contributed by atoms with Crippen LogP contribution in [0.4, 0.5) is 5.69 Å². The number of hydrogen-bond acceptors (Lipinski definition) is 8. The molecule has 8 nitrogen and oxygen atoms in total. The van der Waals surface area contributed by atoms with Gasteiger partial charge in [-0.1, -0.05) is 30.3 Å². The number of primary sulfonamides is 1. The Hall–Kier alpha value is -4.30.